The van der Waals surface area contributed by atoms with E-state index in [9.17, 15) is 13.5 Å². The van der Waals surface area contributed by atoms with Crippen molar-refractivity contribution in [3.8, 4) is 5.75 Å². The van der Waals surface area contributed by atoms with Crippen molar-refractivity contribution < 1.29 is 13.5 Å². The normalized spacial score (nSPS) is 11.3. The Labute approximate surface area is 115 Å². The first kappa shape index (κ1) is 13.6. The molecular weight excluding hydrogens is 288 g/mol. The number of aryl methyl sites for hydroxylation is 1. The van der Waals surface area contributed by atoms with E-state index in [4.69, 9.17) is 11.6 Å². The number of benzene rings is 1. The number of aromatic nitrogens is 1. The molecule has 2 rings (SSSR count). The second kappa shape index (κ2) is 5.07. The third-order valence-electron chi connectivity index (χ3n) is 2.46. The van der Waals surface area contributed by atoms with Crippen LogP contribution in [0.15, 0.2) is 41.4 Å². The summed E-state index contributed by atoms with van der Waals surface area (Å²) in [4.78, 5) is 3.74. The number of aromatic hydroxyl groups is 1. The standard InChI is InChI=1S/C12H11ClN2O3S/c1-8-6-9(2-4-11(8)16)15-19(17,18)10-3-5-12(13)14-7-10/h2-7,15-16H,1H3. The molecule has 1 aromatic heterocycles. The number of hydrogen-bond donors (Lipinski definition) is 2. The second-order valence-corrected chi connectivity index (χ2v) is 5.99. The lowest BCUT2D eigenvalue weighted by Crippen LogP contribution is -2.13. The van der Waals surface area contributed by atoms with E-state index in [0.717, 1.165) is 0 Å². The van der Waals surface area contributed by atoms with Crippen LogP contribution in [0.5, 0.6) is 5.75 Å². The van der Waals surface area contributed by atoms with Crippen LogP contribution in [0.4, 0.5) is 5.69 Å². The minimum Gasteiger partial charge on any atom is -0.508 e. The molecule has 0 aliphatic rings. The number of anilines is 1. The number of nitrogens with one attached hydrogen (secondary N) is 1. The number of phenolic OH excluding ortho intramolecular Hbond substituents is 1. The molecule has 0 fully saturated rings. The number of sulfonamides is 1. The number of rotatable bonds is 3. The van der Waals surface area contributed by atoms with Gasteiger partial charge in [0, 0.05) is 11.9 Å². The lowest BCUT2D eigenvalue weighted by Gasteiger charge is -2.09. The highest BCUT2D eigenvalue weighted by Crippen LogP contribution is 2.22. The predicted octanol–water partition coefficient (Wildman–Crippen LogP) is 2.55. The number of hydrogen-bond acceptors (Lipinski definition) is 4. The molecule has 0 bridgehead atoms. The van der Waals surface area contributed by atoms with Crippen LogP contribution in [0.3, 0.4) is 0 Å². The molecule has 100 valence electrons. The molecule has 0 radical (unpaired) electrons. The van der Waals surface area contributed by atoms with Gasteiger partial charge in [-0.1, -0.05) is 11.6 Å². The van der Waals surface area contributed by atoms with Gasteiger partial charge in [-0.05, 0) is 42.8 Å². The maximum absolute atomic E-state index is 12.1. The molecule has 0 saturated heterocycles. The van der Waals surface area contributed by atoms with Gasteiger partial charge in [-0.15, -0.1) is 0 Å². The molecule has 2 N–H and O–H groups in total. The Morgan fingerprint density at radius 3 is 2.58 bits per heavy atom. The SMILES string of the molecule is Cc1cc(NS(=O)(=O)c2ccc(Cl)nc2)ccc1O. The van der Waals surface area contributed by atoms with Crippen molar-refractivity contribution in [1.29, 1.82) is 0 Å². The molecule has 0 atom stereocenters. The molecule has 1 heterocycles. The van der Waals surface area contributed by atoms with Crippen LogP contribution in [0.1, 0.15) is 5.56 Å². The maximum atomic E-state index is 12.1. The zero-order chi connectivity index (χ0) is 14.0. The summed E-state index contributed by atoms with van der Waals surface area (Å²) in [6.45, 7) is 1.68. The summed E-state index contributed by atoms with van der Waals surface area (Å²) in [6, 6.07) is 7.20. The lowest BCUT2D eigenvalue weighted by atomic mass is 10.2. The molecule has 0 unspecified atom stereocenters. The van der Waals surface area contributed by atoms with Gasteiger partial charge in [-0.3, -0.25) is 4.72 Å². The highest BCUT2D eigenvalue weighted by atomic mass is 35.5. The van der Waals surface area contributed by atoms with Crippen molar-refractivity contribution in [2.75, 3.05) is 4.72 Å². The van der Waals surface area contributed by atoms with E-state index in [1.807, 2.05) is 0 Å². The fraction of sp³-hybridized carbons (Fsp3) is 0.0833. The summed E-state index contributed by atoms with van der Waals surface area (Å²) in [7, 11) is -3.71. The van der Waals surface area contributed by atoms with Crippen LogP contribution in [-0.4, -0.2) is 18.5 Å². The highest BCUT2D eigenvalue weighted by molar-refractivity contribution is 7.92. The van der Waals surface area contributed by atoms with Crippen molar-refractivity contribution in [3.05, 3.63) is 47.2 Å². The van der Waals surface area contributed by atoms with Crippen molar-refractivity contribution in [2.24, 2.45) is 0 Å². The van der Waals surface area contributed by atoms with Crippen molar-refractivity contribution in [2.45, 2.75) is 11.8 Å². The third kappa shape index (κ3) is 3.15. The Morgan fingerprint density at radius 2 is 2.00 bits per heavy atom. The average Bonchev–Trinajstić information content (AvgIpc) is 2.34. The summed E-state index contributed by atoms with van der Waals surface area (Å²) in [5, 5.41) is 9.61. The molecule has 2 aromatic rings. The molecule has 0 spiro atoms. The number of phenols is 1. The Bertz CT molecular complexity index is 699. The molecular formula is C12H11ClN2O3S. The summed E-state index contributed by atoms with van der Waals surface area (Å²) in [5.41, 5.74) is 0.944. The summed E-state index contributed by atoms with van der Waals surface area (Å²) in [5.74, 6) is 0.108. The second-order valence-electron chi connectivity index (χ2n) is 3.92. The molecule has 5 nitrogen and oxygen atoms in total. The van der Waals surface area contributed by atoms with E-state index in [1.54, 1.807) is 6.92 Å². The van der Waals surface area contributed by atoms with Gasteiger partial charge in [0.05, 0.1) is 0 Å². The van der Waals surface area contributed by atoms with Gasteiger partial charge in [-0.2, -0.15) is 0 Å². The smallest absolute Gasteiger partial charge is 0.263 e. The Balaban J connectivity index is 2.30. The van der Waals surface area contributed by atoms with Gasteiger partial charge in [0.2, 0.25) is 0 Å². The minimum atomic E-state index is -3.71. The van der Waals surface area contributed by atoms with Gasteiger partial charge >= 0.3 is 0 Å². The zero-order valence-corrected chi connectivity index (χ0v) is 11.5. The van der Waals surface area contributed by atoms with E-state index in [2.05, 4.69) is 9.71 Å². The van der Waals surface area contributed by atoms with Gasteiger partial charge in [0.1, 0.15) is 15.8 Å². The number of nitrogens with zero attached hydrogens (tertiary/aromatic N) is 1. The van der Waals surface area contributed by atoms with Crippen molar-refractivity contribution in [3.63, 3.8) is 0 Å². The largest absolute Gasteiger partial charge is 0.508 e. The van der Waals surface area contributed by atoms with E-state index < -0.39 is 10.0 Å². The Hall–Kier alpha value is -1.79. The van der Waals surface area contributed by atoms with Crippen LogP contribution in [0.25, 0.3) is 0 Å². The van der Waals surface area contributed by atoms with Gasteiger partial charge < -0.3 is 5.11 Å². The fourth-order valence-corrected chi connectivity index (χ4v) is 2.56. The first-order chi connectivity index (χ1) is 8.88. The minimum absolute atomic E-state index is 0.0163. The fourth-order valence-electron chi connectivity index (χ4n) is 1.45. The Morgan fingerprint density at radius 1 is 1.26 bits per heavy atom. The molecule has 0 aliphatic heterocycles. The van der Waals surface area contributed by atoms with Crippen LogP contribution >= 0.6 is 11.6 Å². The quantitative estimate of drug-likeness (QED) is 0.674. The zero-order valence-electron chi connectivity index (χ0n) is 9.96. The van der Waals surface area contributed by atoms with E-state index >= 15 is 0 Å². The van der Waals surface area contributed by atoms with E-state index in [1.165, 1.54) is 36.5 Å². The van der Waals surface area contributed by atoms with Crippen LogP contribution < -0.4 is 4.72 Å². The molecule has 19 heavy (non-hydrogen) atoms. The number of halogens is 1. The van der Waals surface area contributed by atoms with Crippen LogP contribution in [0.2, 0.25) is 5.15 Å². The molecule has 0 amide bonds. The summed E-state index contributed by atoms with van der Waals surface area (Å²) in [6.07, 6.45) is 1.18. The first-order valence-electron chi connectivity index (χ1n) is 5.32. The van der Waals surface area contributed by atoms with Crippen LogP contribution in [0, 0.1) is 6.92 Å². The first-order valence-corrected chi connectivity index (χ1v) is 7.18. The van der Waals surface area contributed by atoms with Gasteiger partial charge in [0.25, 0.3) is 10.0 Å². The van der Waals surface area contributed by atoms with E-state index in [0.29, 0.717) is 11.3 Å². The topological polar surface area (TPSA) is 79.3 Å². The van der Waals surface area contributed by atoms with Gasteiger partial charge in [0.15, 0.2) is 0 Å². The highest BCUT2D eigenvalue weighted by Gasteiger charge is 2.14. The molecule has 7 heteroatoms. The monoisotopic (exact) mass is 298 g/mol. The summed E-state index contributed by atoms with van der Waals surface area (Å²) >= 11 is 5.61. The van der Waals surface area contributed by atoms with E-state index in [-0.39, 0.29) is 15.8 Å². The van der Waals surface area contributed by atoms with Crippen molar-refractivity contribution >= 4 is 27.3 Å². The average molecular weight is 299 g/mol. The maximum Gasteiger partial charge on any atom is 0.263 e. The van der Waals surface area contributed by atoms with Crippen molar-refractivity contribution in [1.82, 2.24) is 4.98 Å². The summed E-state index contributed by atoms with van der Waals surface area (Å²) < 4.78 is 26.5. The molecule has 0 saturated carbocycles. The Kier molecular flexibility index (Phi) is 3.64. The molecule has 1 aromatic carbocycles. The van der Waals surface area contributed by atoms with Gasteiger partial charge in [-0.25, -0.2) is 13.4 Å². The predicted molar refractivity (Wildman–Crippen MR) is 72.9 cm³/mol. The van der Waals surface area contributed by atoms with Crippen LogP contribution in [-0.2, 0) is 10.0 Å². The molecule has 0 aliphatic carbocycles. The lowest BCUT2D eigenvalue weighted by molar-refractivity contribution is 0.471. The number of pyridine rings is 1. The third-order valence-corrected chi connectivity index (χ3v) is 4.05.